The summed E-state index contributed by atoms with van der Waals surface area (Å²) in [5, 5.41) is 9.92. The molecular formula is C32H46B20Cl2O9P2. The van der Waals surface area contributed by atoms with Crippen LogP contribution in [-0.4, -0.2) is 180 Å². The van der Waals surface area contributed by atoms with Crippen molar-refractivity contribution in [2.45, 2.75) is 88.5 Å². The molecular weight excluding hydrogens is 877 g/mol. The first-order valence-electron chi connectivity index (χ1n) is 22.2. The number of para-hydroxylation sites is 2. The Morgan fingerprint density at radius 1 is 0.600 bits per heavy atom. The van der Waals surface area contributed by atoms with E-state index in [0.29, 0.717) is 49.0 Å². The molecule has 2 aliphatic heterocycles. The van der Waals surface area contributed by atoms with E-state index in [1.165, 1.54) is 12.1 Å². The Morgan fingerprint density at radius 3 is 1.23 bits per heavy atom. The van der Waals surface area contributed by atoms with Crippen molar-refractivity contribution in [3.05, 3.63) is 58.6 Å². The molecule has 20 radical (unpaired) electrons. The van der Waals surface area contributed by atoms with Crippen molar-refractivity contribution < 1.29 is 42.5 Å². The predicted molar refractivity (Wildman–Crippen MR) is 290 cm³/mol. The van der Waals surface area contributed by atoms with Gasteiger partial charge in [-0.2, -0.15) is 0 Å². The van der Waals surface area contributed by atoms with Gasteiger partial charge in [0.1, 0.15) is 0 Å². The highest BCUT2D eigenvalue weighted by molar-refractivity contribution is 8.02. The minimum atomic E-state index is -2.88. The molecule has 0 spiro atoms. The summed E-state index contributed by atoms with van der Waals surface area (Å²) in [5.74, 6) is 2.67. The van der Waals surface area contributed by atoms with E-state index in [-0.39, 0.29) is 47.5 Å². The summed E-state index contributed by atoms with van der Waals surface area (Å²) in [7, 11) is 55.3. The SMILES string of the molecule is O=[P+]([O-])Oc1ccccc1Cl.O=[P+]([O-])Oc1ccccc1Cl.[B]B([B])B([B])B(B([B])[B])B1C(CCCO)C1CCCOCCCC1B(B(B([B])[B])B([B])B([B])[B])C1CCCOCC(C)C. The van der Waals surface area contributed by atoms with Crippen LogP contribution < -0.4 is 18.8 Å². The molecule has 2 aromatic rings. The second kappa shape index (κ2) is 32.7. The maximum atomic E-state index is 10.1. The van der Waals surface area contributed by atoms with Crippen molar-refractivity contribution in [1.29, 1.82) is 0 Å². The Morgan fingerprint density at radius 2 is 0.938 bits per heavy atom. The van der Waals surface area contributed by atoms with E-state index in [9.17, 15) is 24.0 Å². The molecule has 4 rings (SSSR count). The summed E-state index contributed by atoms with van der Waals surface area (Å²) in [6.07, 6.45) is 3.97. The van der Waals surface area contributed by atoms with E-state index < -0.39 is 54.8 Å². The van der Waals surface area contributed by atoms with Crippen LogP contribution in [0.3, 0.4) is 0 Å². The van der Waals surface area contributed by atoms with Crippen molar-refractivity contribution in [2.75, 3.05) is 33.0 Å². The van der Waals surface area contributed by atoms with Crippen LogP contribution >= 0.6 is 39.7 Å². The van der Waals surface area contributed by atoms with Crippen molar-refractivity contribution in [3.8, 4) is 11.5 Å². The summed E-state index contributed by atoms with van der Waals surface area (Å²) < 4.78 is 40.7. The van der Waals surface area contributed by atoms with Crippen molar-refractivity contribution in [1.82, 2.24) is 0 Å². The number of rotatable bonds is 29. The summed E-state index contributed by atoms with van der Waals surface area (Å²) in [4.78, 5) is 20.2. The fraction of sp³-hybridized carbons (Fsp3) is 0.625. The van der Waals surface area contributed by atoms with E-state index in [2.05, 4.69) is 22.9 Å². The molecule has 33 heteroatoms. The van der Waals surface area contributed by atoms with Gasteiger partial charge in [-0.1, -0.05) is 110 Å². The zero-order valence-electron chi connectivity index (χ0n) is 37.6. The van der Waals surface area contributed by atoms with Crippen molar-refractivity contribution >= 4 is 181 Å². The maximum absolute atomic E-state index is 10.1. The third-order valence-corrected chi connectivity index (χ3v) is 13.3. The molecule has 312 valence electrons. The van der Waals surface area contributed by atoms with Crippen LogP contribution in [0.5, 0.6) is 11.5 Å². The largest absolute Gasteiger partial charge is 0.558 e. The smallest absolute Gasteiger partial charge is 0.539 e. The van der Waals surface area contributed by atoms with Gasteiger partial charge in [0.25, 0.3) is 0 Å². The average Bonchev–Trinajstić information content (AvgIpc) is 4.11. The number of hydrogen-bond acceptors (Lipinski definition) is 9. The van der Waals surface area contributed by atoms with Crippen LogP contribution in [0.4, 0.5) is 0 Å². The summed E-state index contributed by atoms with van der Waals surface area (Å²) in [6, 6.07) is 12.7. The highest BCUT2D eigenvalue weighted by Crippen LogP contribution is 2.58. The van der Waals surface area contributed by atoms with Gasteiger partial charge in [0.2, 0.25) is 11.5 Å². The monoisotopic (exact) mass is 926 g/mol. The van der Waals surface area contributed by atoms with E-state index in [0.717, 1.165) is 64.6 Å². The van der Waals surface area contributed by atoms with Crippen molar-refractivity contribution in [2.24, 2.45) is 5.92 Å². The molecule has 9 nitrogen and oxygen atoms in total. The summed E-state index contributed by atoms with van der Waals surface area (Å²) in [6.45, 7) is 7.97. The van der Waals surface area contributed by atoms with Gasteiger partial charge in [0.15, 0.2) is 0 Å². The van der Waals surface area contributed by atoms with Crippen LogP contribution in [0.1, 0.15) is 65.2 Å². The summed E-state index contributed by atoms with van der Waals surface area (Å²) in [5.41, 5.74) is 0. The first-order valence-corrected chi connectivity index (χ1v) is 25.2. The number of ether oxygens (including phenoxy) is 2. The van der Waals surface area contributed by atoms with Gasteiger partial charge >= 0.3 is 16.5 Å². The lowest BCUT2D eigenvalue weighted by molar-refractivity contribution is -0.179. The van der Waals surface area contributed by atoms with Crippen LogP contribution in [0, 0.1) is 5.92 Å². The van der Waals surface area contributed by atoms with Gasteiger partial charge in [0, 0.05) is 161 Å². The van der Waals surface area contributed by atoms with Gasteiger partial charge < -0.3 is 24.4 Å². The minimum Gasteiger partial charge on any atom is -0.558 e. The molecule has 2 heterocycles. The quantitative estimate of drug-likeness (QED) is 0.0721. The highest BCUT2D eigenvalue weighted by atomic mass is 35.5. The number of aliphatic hydroxyl groups excluding tert-OH is 1. The molecule has 0 aliphatic carbocycles. The molecule has 2 saturated heterocycles. The first kappa shape index (κ1) is 61.0. The number of aliphatic hydroxyl groups is 1. The van der Waals surface area contributed by atoms with Gasteiger partial charge in [-0.25, -0.2) is 0 Å². The third kappa shape index (κ3) is 22.7. The molecule has 6 unspecified atom stereocenters. The molecule has 1 N–H and O–H groups in total. The summed E-state index contributed by atoms with van der Waals surface area (Å²) >= 11 is 11.2. The third-order valence-electron chi connectivity index (χ3n) is 12.0. The van der Waals surface area contributed by atoms with Crippen LogP contribution in [-0.2, 0) is 18.6 Å². The van der Waals surface area contributed by atoms with Gasteiger partial charge in [0.05, 0.1) is 23.3 Å². The fourth-order valence-corrected chi connectivity index (χ4v) is 10.1. The van der Waals surface area contributed by atoms with Crippen LogP contribution in [0.25, 0.3) is 0 Å². The van der Waals surface area contributed by atoms with E-state index in [1.807, 2.05) is 0 Å². The fourth-order valence-electron chi connectivity index (χ4n) is 8.98. The lowest BCUT2D eigenvalue weighted by atomic mass is 8.57. The Kier molecular flexibility index (Phi) is 30.7. The molecule has 2 fully saturated rings. The Hall–Kier alpha value is -0.0813. The molecule has 65 heavy (non-hydrogen) atoms. The highest BCUT2D eigenvalue weighted by Gasteiger charge is 2.58. The first-order chi connectivity index (χ1) is 30.7. The van der Waals surface area contributed by atoms with Gasteiger partial charge in [-0.3, -0.25) is 9.05 Å². The second-order valence-corrected chi connectivity index (χ2v) is 19.4. The topological polar surface area (TPSA) is 137 Å². The normalized spacial score (nSPS) is 17.3. The number of halogens is 2. The lowest BCUT2D eigenvalue weighted by Gasteiger charge is -2.26. The van der Waals surface area contributed by atoms with E-state index in [1.54, 1.807) is 36.4 Å². The van der Waals surface area contributed by atoms with E-state index in [4.69, 9.17) is 110 Å². The molecule has 2 aliphatic rings. The lowest BCUT2D eigenvalue weighted by Crippen LogP contribution is -2.63. The Labute approximate surface area is 418 Å². The predicted octanol–water partition coefficient (Wildman–Crippen LogP) is 0.997. The van der Waals surface area contributed by atoms with Crippen molar-refractivity contribution in [3.63, 3.8) is 0 Å². The standard InChI is InChI=1S/C20H38B20O3.2C6H4ClO3P/c1-16(2)15-43-14-6-10-20-19(32(20)40(36(27)28)38(30)34(23)24)9-5-13-42-12-4-8-18-17(7-3-11-41)31(18)39(35(25)26)37(29)33(21)22;2*7-5-3-1-2-4-6(5)10-11(8)9/h16-20,41H,3-15H2,1-2H3;2*1-4H. The van der Waals surface area contributed by atoms with E-state index >= 15 is 0 Å². The molecule has 0 saturated carbocycles. The molecule has 0 amide bonds. The number of benzene rings is 2. The molecule has 0 aromatic heterocycles. The second-order valence-electron chi connectivity index (χ2n) is 17.3. The van der Waals surface area contributed by atoms with Crippen LogP contribution in [0.2, 0.25) is 33.3 Å². The van der Waals surface area contributed by atoms with Crippen LogP contribution in [0.15, 0.2) is 48.5 Å². The molecule has 6 atom stereocenters. The Bertz CT molecular complexity index is 1620. The number of hydrogen-bond donors (Lipinski definition) is 1. The Balaban J connectivity index is 0.000000530. The zero-order valence-corrected chi connectivity index (χ0v) is 40.9. The molecule has 2 aromatic carbocycles. The maximum Gasteiger partial charge on any atom is 0.539 e. The zero-order chi connectivity index (χ0) is 48.8. The average molecular weight is 924 g/mol. The van der Waals surface area contributed by atoms with Gasteiger partial charge in [-0.15, -0.1) is 0 Å². The minimum absolute atomic E-state index is 0.120. The molecule has 0 bridgehead atoms. The van der Waals surface area contributed by atoms with Gasteiger partial charge in [-0.05, 0) is 65.0 Å².